The molecule has 2 atom stereocenters. The molecule has 2 rings (SSSR count). The second kappa shape index (κ2) is 13.2. The number of β-lactam (4-membered cyclic amide) rings is 1. The number of hydrogen-bond donors (Lipinski definition) is 1. The number of fused-ring (bicyclic) bond motifs is 1. The Balaban J connectivity index is 2.14. The molecule has 1 N–H and O–H groups in total. The van der Waals surface area contributed by atoms with Crippen molar-refractivity contribution in [3.63, 3.8) is 0 Å². The number of carbonyl (C=O) groups is 5. The average Bonchev–Trinajstić information content (AvgIpc) is 2.82. The van der Waals surface area contributed by atoms with Crippen LogP contribution in [-0.2, 0) is 43.0 Å². The SMILES string of the molecule is CCO/N=C(\C(=O)CCl)C(=O)NC1C(=O)N2C(C(=O)OCOC(=O)OCC)=C(COC)CS[C@H]12. The zero-order valence-corrected chi connectivity index (χ0v) is 20.2. The number of carbonyl (C=O) groups excluding carboxylic acids is 5. The van der Waals surface area contributed by atoms with Gasteiger partial charge in [0.25, 0.3) is 11.8 Å². The van der Waals surface area contributed by atoms with Gasteiger partial charge in [0.05, 0.1) is 19.1 Å². The molecule has 13 nitrogen and oxygen atoms in total. The molecule has 15 heteroatoms. The molecule has 2 amide bonds. The van der Waals surface area contributed by atoms with E-state index in [9.17, 15) is 24.0 Å². The molecule has 0 aromatic carbocycles. The maximum atomic E-state index is 12.9. The van der Waals surface area contributed by atoms with Gasteiger partial charge in [-0.25, -0.2) is 9.59 Å². The van der Waals surface area contributed by atoms with Crippen LogP contribution in [-0.4, -0.2) is 97.1 Å². The maximum Gasteiger partial charge on any atom is 0.511 e. The van der Waals surface area contributed by atoms with Gasteiger partial charge in [-0.2, -0.15) is 0 Å². The first kappa shape index (κ1) is 27.4. The molecule has 0 spiro atoms. The number of thioether (sulfide) groups is 1. The first-order valence-corrected chi connectivity index (χ1v) is 11.6. The van der Waals surface area contributed by atoms with Gasteiger partial charge in [0.15, 0.2) is 0 Å². The van der Waals surface area contributed by atoms with Gasteiger partial charge in [0.1, 0.15) is 23.7 Å². The molecule has 0 aromatic rings. The third kappa shape index (κ3) is 6.39. The Bertz CT molecular complexity index is 894. The van der Waals surface area contributed by atoms with E-state index in [4.69, 9.17) is 25.9 Å². The lowest BCUT2D eigenvalue weighted by Crippen LogP contribution is -2.71. The highest BCUT2D eigenvalue weighted by molar-refractivity contribution is 8.00. The number of Topliss-reactive ketones (excluding diaryl/α,β-unsaturated/α-hetero) is 1. The maximum absolute atomic E-state index is 12.9. The molecule has 188 valence electrons. The fourth-order valence-electron chi connectivity index (χ4n) is 2.94. The lowest BCUT2D eigenvalue weighted by Gasteiger charge is -2.49. The number of oxime groups is 1. The zero-order chi connectivity index (χ0) is 25.3. The molecule has 2 aliphatic rings. The predicted molar refractivity (Wildman–Crippen MR) is 118 cm³/mol. The summed E-state index contributed by atoms with van der Waals surface area (Å²) in [5.41, 5.74) is -0.178. The molecule has 2 heterocycles. The van der Waals surface area contributed by atoms with Crippen LogP contribution in [0.25, 0.3) is 0 Å². The number of rotatable bonds is 12. The highest BCUT2D eigenvalue weighted by Gasteiger charge is 2.54. The molecule has 2 aliphatic heterocycles. The first-order valence-electron chi connectivity index (χ1n) is 10.0. The quantitative estimate of drug-likeness (QED) is 0.0708. The normalized spacial score (nSPS) is 19.6. The summed E-state index contributed by atoms with van der Waals surface area (Å²) in [6, 6.07) is -1.05. The highest BCUT2D eigenvalue weighted by atomic mass is 35.5. The number of nitrogens with zero attached hydrogens (tertiary/aromatic N) is 2. The van der Waals surface area contributed by atoms with Gasteiger partial charge >= 0.3 is 12.1 Å². The first-order chi connectivity index (χ1) is 16.3. The van der Waals surface area contributed by atoms with Gasteiger partial charge in [-0.15, -0.1) is 23.4 Å². The van der Waals surface area contributed by atoms with Crippen LogP contribution in [0.15, 0.2) is 16.4 Å². The van der Waals surface area contributed by atoms with Crippen molar-refractivity contribution in [3.8, 4) is 0 Å². The lowest BCUT2D eigenvalue weighted by atomic mass is 10.0. The van der Waals surface area contributed by atoms with Gasteiger partial charge in [0.2, 0.25) is 18.3 Å². The zero-order valence-electron chi connectivity index (χ0n) is 18.7. The minimum absolute atomic E-state index is 0.0408. The van der Waals surface area contributed by atoms with Crippen molar-refractivity contribution in [2.24, 2.45) is 5.16 Å². The summed E-state index contributed by atoms with van der Waals surface area (Å²) >= 11 is 6.79. The largest absolute Gasteiger partial charge is 0.511 e. The van der Waals surface area contributed by atoms with Crippen molar-refractivity contribution in [2.75, 3.05) is 45.4 Å². The van der Waals surface area contributed by atoms with Gasteiger partial charge in [-0.1, -0.05) is 5.16 Å². The molecular formula is C19H24ClN3O10S. The summed E-state index contributed by atoms with van der Waals surface area (Å²) < 4.78 is 19.3. The highest BCUT2D eigenvalue weighted by Crippen LogP contribution is 2.40. The summed E-state index contributed by atoms with van der Waals surface area (Å²) in [6.07, 6.45) is -1.02. The summed E-state index contributed by atoms with van der Waals surface area (Å²) in [5.74, 6) is -3.47. The van der Waals surface area contributed by atoms with Crippen molar-refractivity contribution in [1.82, 2.24) is 10.2 Å². The van der Waals surface area contributed by atoms with Crippen molar-refractivity contribution in [3.05, 3.63) is 11.3 Å². The Kier molecular flexibility index (Phi) is 10.6. The van der Waals surface area contributed by atoms with Crippen LogP contribution in [0, 0.1) is 0 Å². The number of nitrogens with one attached hydrogen (secondary N) is 1. The van der Waals surface area contributed by atoms with Gasteiger partial charge in [0, 0.05) is 12.9 Å². The third-order valence-corrected chi connectivity index (χ3v) is 5.94. The third-order valence-electron chi connectivity index (χ3n) is 4.36. The number of ketones is 1. The standard InChI is InChI=1S/C19H24ClN3O10S/c1-4-30-19(28)32-9-31-18(27)14-10(7-29-3)8-34-17-13(16(26)23(14)17)21-15(25)12(11(24)6-20)22-33-5-2/h13,17H,4-9H2,1-3H3,(H,21,25)/b22-12+/t13?,17-/m1/s1. The molecule has 1 unspecified atom stereocenters. The summed E-state index contributed by atoms with van der Waals surface area (Å²) in [4.78, 5) is 67.2. The monoisotopic (exact) mass is 521 g/mol. The second-order valence-corrected chi connectivity index (χ2v) is 7.91. The topological polar surface area (TPSA) is 159 Å². The lowest BCUT2D eigenvalue weighted by molar-refractivity contribution is -0.157. The molecule has 1 saturated heterocycles. The summed E-state index contributed by atoms with van der Waals surface area (Å²) in [5, 5.41) is 5.25. The second-order valence-electron chi connectivity index (χ2n) is 6.54. The van der Waals surface area contributed by atoms with E-state index in [2.05, 4.69) is 19.9 Å². The van der Waals surface area contributed by atoms with Crippen LogP contribution in [0.4, 0.5) is 4.79 Å². The molecular weight excluding hydrogens is 498 g/mol. The molecule has 0 bridgehead atoms. The van der Waals surface area contributed by atoms with E-state index in [-0.39, 0.29) is 25.5 Å². The summed E-state index contributed by atoms with van der Waals surface area (Å²) in [7, 11) is 1.42. The van der Waals surface area contributed by atoms with E-state index in [1.807, 2.05) is 0 Å². The summed E-state index contributed by atoms with van der Waals surface area (Å²) in [6.45, 7) is 2.70. The fourth-order valence-corrected chi connectivity index (χ4v) is 4.39. The molecule has 34 heavy (non-hydrogen) atoms. The number of esters is 1. The van der Waals surface area contributed by atoms with Crippen LogP contribution in [0.1, 0.15) is 13.8 Å². The van der Waals surface area contributed by atoms with E-state index >= 15 is 0 Å². The van der Waals surface area contributed by atoms with Crippen LogP contribution in [0.5, 0.6) is 0 Å². The number of amides is 2. The number of methoxy groups -OCH3 is 1. The van der Waals surface area contributed by atoms with E-state index in [0.29, 0.717) is 11.3 Å². The van der Waals surface area contributed by atoms with Crippen LogP contribution in [0.3, 0.4) is 0 Å². The fraction of sp³-hybridized carbons (Fsp3) is 0.579. The molecule has 0 aliphatic carbocycles. The Labute approximate surface area is 204 Å². The smallest absolute Gasteiger partial charge is 0.435 e. The number of alkyl halides is 1. The van der Waals surface area contributed by atoms with Crippen molar-refractivity contribution in [2.45, 2.75) is 25.3 Å². The van der Waals surface area contributed by atoms with Gasteiger partial charge in [-0.05, 0) is 19.4 Å². The number of hydrogen-bond acceptors (Lipinski definition) is 12. The van der Waals surface area contributed by atoms with Crippen LogP contribution < -0.4 is 5.32 Å². The Morgan fingerprint density at radius 3 is 2.53 bits per heavy atom. The van der Waals surface area contributed by atoms with Gasteiger partial charge < -0.3 is 29.1 Å². The van der Waals surface area contributed by atoms with E-state index in [1.54, 1.807) is 13.8 Å². The minimum atomic E-state index is -1.05. The van der Waals surface area contributed by atoms with Gasteiger partial charge in [-0.3, -0.25) is 19.3 Å². The Morgan fingerprint density at radius 1 is 1.18 bits per heavy atom. The van der Waals surface area contributed by atoms with Crippen molar-refractivity contribution >= 4 is 58.8 Å². The molecule has 1 fully saturated rings. The van der Waals surface area contributed by atoms with E-state index < -0.39 is 59.5 Å². The molecule has 0 saturated carbocycles. The number of halogens is 1. The minimum Gasteiger partial charge on any atom is -0.435 e. The predicted octanol–water partition coefficient (Wildman–Crippen LogP) is 0.161. The van der Waals surface area contributed by atoms with E-state index in [0.717, 1.165) is 4.90 Å². The Hall–Kier alpha value is -2.84. The molecule has 0 aromatic heterocycles. The van der Waals surface area contributed by atoms with Crippen LogP contribution in [0.2, 0.25) is 0 Å². The van der Waals surface area contributed by atoms with Crippen molar-refractivity contribution in [1.29, 1.82) is 0 Å². The van der Waals surface area contributed by atoms with Crippen LogP contribution >= 0.6 is 23.4 Å². The average molecular weight is 522 g/mol. The number of ether oxygens (including phenoxy) is 4. The Morgan fingerprint density at radius 2 is 1.91 bits per heavy atom. The van der Waals surface area contributed by atoms with Crippen molar-refractivity contribution < 1.29 is 47.8 Å². The van der Waals surface area contributed by atoms with E-state index in [1.165, 1.54) is 18.9 Å². The molecule has 0 radical (unpaired) electrons.